The number of methoxy groups -OCH3 is 3. The summed E-state index contributed by atoms with van der Waals surface area (Å²) in [7, 11) is 5.03. The molecule has 1 saturated heterocycles. The van der Waals surface area contributed by atoms with E-state index in [1.54, 1.807) is 32.7 Å². The fraction of sp³-hybridized carbons (Fsp3) is 0.560. The van der Waals surface area contributed by atoms with Crippen molar-refractivity contribution >= 4 is 21.9 Å². The first-order chi connectivity index (χ1) is 16.7. The van der Waals surface area contributed by atoms with E-state index in [-0.39, 0.29) is 0 Å². The molecule has 1 atom stereocenters. The topological polar surface area (TPSA) is 66.7 Å². The molecule has 3 aromatic rings. The van der Waals surface area contributed by atoms with Gasteiger partial charge in [-0.1, -0.05) is 6.92 Å². The van der Waals surface area contributed by atoms with Gasteiger partial charge in [-0.3, -0.25) is 0 Å². The molecule has 0 amide bonds. The molecule has 9 heteroatoms. The Kier molecular flexibility index (Phi) is 8.18. The maximum Gasteiger partial charge on any atom is 0.258 e. The minimum absolute atomic E-state index is 0.308. The van der Waals surface area contributed by atoms with Crippen molar-refractivity contribution in [2.24, 2.45) is 0 Å². The zero-order valence-electron chi connectivity index (χ0n) is 20.8. The largest absolute Gasteiger partial charge is 0.496 e. The van der Waals surface area contributed by atoms with Crippen LogP contribution in [0, 0.1) is 0 Å². The summed E-state index contributed by atoms with van der Waals surface area (Å²) >= 11 is 1.65. The van der Waals surface area contributed by atoms with Crippen LogP contribution < -0.4 is 19.1 Å². The van der Waals surface area contributed by atoms with Crippen LogP contribution in [0.4, 0.5) is 5.69 Å². The summed E-state index contributed by atoms with van der Waals surface area (Å²) in [5, 5.41) is 6.98. The summed E-state index contributed by atoms with van der Waals surface area (Å²) in [6.07, 6.45) is 3.19. The van der Waals surface area contributed by atoms with Gasteiger partial charge in [0.05, 0.1) is 51.8 Å². The van der Waals surface area contributed by atoms with E-state index in [1.165, 1.54) is 0 Å². The Labute approximate surface area is 205 Å². The molecule has 0 radical (unpaired) electrons. The average molecular weight is 490 g/mol. The van der Waals surface area contributed by atoms with E-state index in [0.29, 0.717) is 25.1 Å². The van der Waals surface area contributed by atoms with Crippen LogP contribution in [0.3, 0.4) is 0 Å². The second kappa shape index (κ2) is 11.3. The van der Waals surface area contributed by atoms with Crippen molar-refractivity contribution < 1.29 is 23.7 Å². The molecule has 0 bridgehead atoms. The summed E-state index contributed by atoms with van der Waals surface area (Å²) in [4.78, 5) is 3.45. The molecule has 34 heavy (non-hydrogen) atoms. The van der Waals surface area contributed by atoms with Crippen molar-refractivity contribution in [3.05, 3.63) is 23.1 Å². The molecule has 1 aliphatic heterocycles. The highest BCUT2D eigenvalue weighted by Gasteiger charge is 2.30. The van der Waals surface area contributed by atoms with Crippen LogP contribution in [0.25, 0.3) is 16.1 Å². The van der Waals surface area contributed by atoms with Crippen molar-refractivity contribution in [1.82, 2.24) is 9.61 Å². The van der Waals surface area contributed by atoms with Crippen LogP contribution in [-0.2, 0) is 16.1 Å². The molecule has 3 heterocycles. The molecule has 1 aromatic carbocycles. The molecule has 0 aliphatic carbocycles. The third kappa shape index (κ3) is 4.69. The highest BCUT2D eigenvalue weighted by atomic mass is 32.1. The van der Waals surface area contributed by atoms with E-state index < -0.39 is 0 Å². The Morgan fingerprint density at radius 3 is 2.50 bits per heavy atom. The number of aromatic nitrogens is 2. The molecule has 0 saturated carbocycles. The molecule has 186 valence electrons. The first-order valence-electron chi connectivity index (χ1n) is 11.9. The third-order valence-corrected chi connectivity index (χ3v) is 7.05. The van der Waals surface area contributed by atoms with E-state index in [4.69, 9.17) is 28.8 Å². The summed E-state index contributed by atoms with van der Waals surface area (Å²) in [5.74, 6) is 2.06. The lowest BCUT2D eigenvalue weighted by Gasteiger charge is -2.35. The van der Waals surface area contributed by atoms with Gasteiger partial charge in [0, 0.05) is 25.1 Å². The molecule has 2 aromatic heterocycles. The number of hydrogen-bond acceptors (Lipinski definition) is 8. The Morgan fingerprint density at radius 1 is 1.15 bits per heavy atom. The second-order valence-corrected chi connectivity index (χ2v) is 9.13. The Hall–Kier alpha value is -2.49. The average Bonchev–Trinajstić information content (AvgIpc) is 3.45. The minimum atomic E-state index is 0.308. The highest BCUT2D eigenvalue weighted by Crippen LogP contribution is 2.45. The van der Waals surface area contributed by atoms with Crippen LogP contribution >= 0.6 is 11.3 Å². The number of thiazole rings is 1. The summed E-state index contributed by atoms with van der Waals surface area (Å²) in [6.45, 7) is 7.79. The Morgan fingerprint density at radius 2 is 1.91 bits per heavy atom. The zero-order chi connectivity index (χ0) is 24.1. The Bertz CT molecular complexity index is 1060. The number of nitrogens with zero attached hydrogens (tertiary/aromatic N) is 3. The van der Waals surface area contributed by atoms with Crippen molar-refractivity contribution in [2.75, 3.05) is 52.6 Å². The maximum absolute atomic E-state index is 5.82. The van der Waals surface area contributed by atoms with E-state index in [9.17, 15) is 0 Å². The van der Waals surface area contributed by atoms with Crippen LogP contribution in [0.1, 0.15) is 38.7 Å². The van der Waals surface area contributed by atoms with E-state index >= 15 is 0 Å². The van der Waals surface area contributed by atoms with Gasteiger partial charge in [-0.15, -0.1) is 16.4 Å². The summed E-state index contributed by atoms with van der Waals surface area (Å²) in [5.41, 5.74) is 3.78. The zero-order valence-corrected chi connectivity index (χ0v) is 21.6. The lowest BCUT2D eigenvalue weighted by Crippen LogP contribution is -2.41. The second-order valence-electron chi connectivity index (χ2n) is 8.27. The molecule has 1 fully saturated rings. The fourth-order valence-electron chi connectivity index (χ4n) is 4.56. The van der Waals surface area contributed by atoms with Crippen molar-refractivity contribution in [1.29, 1.82) is 0 Å². The Balaban J connectivity index is 1.84. The quantitative estimate of drug-likeness (QED) is 0.375. The van der Waals surface area contributed by atoms with Gasteiger partial charge in [0.2, 0.25) is 0 Å². The molecular formula is C25H35N3O5S. The number of fused-ring (bicyclic) bond motifs is 1. The first-order valence-corrected chi connectivity index (χ1v) is 12.8. The molecule has 0 spiro atoms. The fourth-order valence-corrected chi connectivity index (χ4v) is 5.56. The van der Waals surface area contributed by atoms with Gasteiger partial charge in [0.15, 0.2) is 0 Å². The molecule has 1 aliphatic rings. The molecule has 8 nitrogen and oxygen atoms in total. The standard InChI is InChI=1S/C25H35N3O5S/c1-6-10-27(18-9-8-11-33-15-18)23-24(31-5)26-28-19(16-34-25(23)28)22-20(29-3)12-17(14-32-7-2)13-21(22)30-4/h12-13,16,18H,6-11,14-15H2,1-5H3. The lowest BCUT2D eigenvalue weighted by molar-refractivity contribution is 0.0791. The van der Waals surface area contributed by atoms with E-state index in [0.717, 1.165) is 77.9 Å². The number of hydrogen-bond donors (Lipinski definition) is 0. The SMILES string of the molecule is CCCN(c1c(OC)nn2c(-c3c(OC)cc(COCC)cc3OC)csc12)C1CCCOC1. The van der Waals surface area contributed by atoms with Gasteiger partial charge in [0.25, 0.3) is 5.88 Å². The lowest BCUT2D eigenvalue weighted by atomic mass is 10.1. The number of ether oxygens (including phenoxy) is 5. The van der Waals surface area contributed by atoms with Crippen molar-refractivity contribution in [3.63, 3.8) is 0 Å². The highest BCUT2D eigenvalue weighted by molar-refractivity contribution is 7.16. The molecule has 4 rings (SSSR count). The monoisotopic (exact) mass is 489 g/mol. The van der Waals surface area contributed by atoms with E-state index in [2.05, 4.69) is 17.2 Å². The maximum atomic E-state index is 5.82. The van der Waals surface area contributed by atoms with Crippen LogP contribution in [0.5, 0.6) is 17.4 Å². The first kappa shape index (κ1) is 24.6. The van der Waals surface area contributed by atoms with E-state index in [1.807, 2.05) is 23.6 Å². The summed E-state index contributed by atoms with van der Waals surface area (Å²) < 4.78 is 30.7. The van der Waals surface area contributed by atoms with Gasteiger partial charge in [-0.05, 0) is 43.9 Å². The smallest absolute Gasteiger partial charge is 0.258 e. The normalized spacial score (nSPS) is 16.1. The van der Waals surface area contributed by atoms with Gasteiger partial charge in [-0.25, -0.2) is 4.52 Å². The predicted octanol–water partition coefficient (Wildman–Crippen LogP) is 5.02. The summed E-state index contributed by atoms with van der Waals surface area (Å²) in [6, 6.07) is 4.31. The van der Waals surface area contributed by atoms with Crippen LogP contribution in [0.15, 0.2) is 17.5 Å². The number of benzene rings is 1. The van der Waals surface area contributed by atoms with Crippen LogP contribution in [-0.4, -0.2) is 63.4 Å². The third-order valence-electron chi connectivity index (χ3n) is 6.12. The van der Waals surface area contributed by atoms with Gasteiger partial charge >= 0.3 is 0 Å². The number of anilines is 1. The van der Waals surface area contributed by atoms with Crippen molar-refractivity contribution in [2.45, 2.75) is 45.8 Å². The van der Waals surface area contributed by atoms with Gasteiger partial charge < -0.3 is 28.6 Å². The number of rotatable bonds is 11. The van der Waals surface area contributed by atoms with Crippen molar-refractivity contribution in [3.8, 4) is 28.6 Å². The molecule has 0 N–H and O–H groups in total. The molecule has 1 unspecified atom stereocenters. The molecular weight excluding hydrogens is 454 g/mol. The van der Waals surface area contributed by atoms with Gasteiger partial charge in [-0.2, -0.15) is 0 Å². The van der Waals surface area contributed by atoms with Crippen LogP contribution in [0.2, 0.25) is 0 Å². The minimum Gasteiger partial charge on any atom is -0.496 e. The van der Waals surface area contributed by atoms with Gasteiger partial charge in [0.1, 0.15) is 22.0 Å². The predicted molar refractivity (Wildman–Crippen MR) is 135 cm³/mol.